The molecule has 1 aromatic rings. The molecule has 0 aromatic heterocycles. The predicted molar refractivity (Wildman–Crippen MR) is 131 cm³/mol. The molecule has 0 fully saturated rings. The van der Waals surface area contributed by atoms with E-state index in [1.54, 1.807) is 6.07 Å². The number of carbonyl (C=O) groups excluding carboxylic acids is 4. The highest BCUT2D eigenvalue weighted by atomic mass is 31.2. The van der Waals surface area contributed by atoms with Crippen molar-refractivity contribution < 1.29 is 33.4 Å². The molecule has 2 rings (SSSR count). The number of carbonyl (C=O) groups is 4. The molecule has 1 aromatic carbocycles. The zero-order valence-corrected chi connectivity index (χ0v) is 22.1. The molecule has 3 N–H and O–H groups in total. The third-order valence-corrected chi connectivity index (χ3v) is 7.50. The average molecular weight is 510 g/mol. The van der Waals surface area contributed by atoms with Crippen molar-refractivity contribution >= 4 is 31.0 Å². The van der Waals surface area contributed by atoms with Crippen molar-refractivity contribution in [3.05, 3.63) is 29.3 Å². The van der Waals surface area contributed by atoms with E-state index in [0.29, 0.717) is 12.8 Å². The summed E-state index contributed by atoms with van der Waals surface area (Å²) in [6.07, 6.45) is -0.430. The maximum absolute atomic E-state index is 13.2. The number of ether oxygens (including phenoxy) is 1. The molecule has 1 aliphatic heterocycles. The van der Waals surface area contributed by atoms with Crippen molar-refractivity contribution in [3.8, 4) is 5.75 Å². The molecule has 3 atom stereocenters. The lowest BCUT2D eigenvalue weighted by molar-refractivity contribution is -0.131. The van der Waals surface area contributed by atoms with Crippen molar-refractivity contribution in [2.24, 2.45) is 17.8 Å². The summed E-state index contributed by atoms with van der Waals surface area (Å²) in [5.41, 5.74) is 0.159. The van der Waals surface area contributed by atoms with Crippen LogP contribution in [0.25, 0.3) is 0 Å². The number of imide groups is 1. The van der Waals surface area contributed by atoms with Crippen LogP contribution in [0.2, 0.25) is 0 Å². The molecule has 35 heavy (non-hydrogen) atoms. The molecule has 0 spiro atoms. The maximum Gasteiger partial charge on any atom is 0.265 e. The fraction of sp³-hybridized carbons (Fsp3) is 0.583. The number of methoxy groups -OCH3 is 1. The molecule has 0 radical (unpaired) electrons. The van der Waals surface area contributed by atoms with E-state index in [0.717, 1.165) is 4.90 Å². The normalized spacial score (nSPS) is 16.7. The van der Waals surface area contributed by atoms with Crippen LogP contribution >= 0.6 is 7.37 Å². The van der Waals surface area contributed by atoms with E-state index in [2.05, 4.69) is 10.6 Å². The van der Waals surface area contributed by atoms with Gasteiger partial charge in [0, 0.05) is 19.1 Å². The van der Waals surface area contributed by atoms with Gasteiger partial charge in [0.25, 0.3) is 11.8 Å². The Labute approximate surface area is 206 Å². The molecule has 2 unspecified atom stereocenters. The summed E-state index contributed by atoms with van der Waals surface area (Å²) >= 11 is 0. The number of fused-ring (bicyclic) bond motifs is 1. The average Bonchev–Trinajstić information content (AvgIpc) is 3.01. The molecule has 1 heterocycles. The number of amides is 4. The Morgan fingerprint density at radius 1 is 1.06 bits per heavy atom. The summed E-state index contributed by atoms with van der Waals surface area (Å²) < 4.78 is 18.4. The monoisotopic (exact) mass is 509 g/mol. The van der Waals surface area contributed by atoms with E-state index in [1.165, 1.54) is 26.3 Å². The first-order valence-electron chi connectivity index (χ1n) is 11.7. The number of rotatable bonds is 12. The van der Waals surface area contributed by atoms with Gasteiger partial charge >= 0.3 is 0 Å². The Hall–Kier alpha value is -2.71. The predicted octanol–water partition coefficient (Wildman–Crippen LogP) is 2.46. The Balaban J connectivity index is 2.22. The Kier molecular flexibility index (Phi) is 9.63. The molecular formula is C24H36N3O7P. The van der Waals surface area contributed by atoms with Crippen LogP contribution in [-0.4, -0.2) is 66.1 Å². The number of nitrogens with zero attached hydrogens (tertiary/aromatic N) is 1. The fourth-order valence-corrected chi connectivity index (χ4v) is 6.04. The number of hydrogen-bond acceptors (Lipinski definition) is 6. The Morgan fingerprint density at radius 3 is 2.23 bits per heavy atom. The van der Waals surface area contributed by atoms with Crippen LogP contribution in [0.4, 0.5) is 0 Å². The molecule has 0 aliphatic carbocycles. The molecule has 0 saturated heterocycles. The molecular weight excluding hydrogens is 473 g/mol. The topological polar surface area (TPSA) is 142 Å². The molecule has 11 heteroatoms. The summed E-state index contributed by atoms with van der Waals surface area (Å²) in [6, 6.07) is 3.79. The SMILES string of the molecule is CNC(=O)[C@H](CC(C)C)NC(=O)C(CC(C)C)CP(=O)(O)CN1C(=O)c2cccc(OC)c2C1=O. The van der Waals surface area contributed by atoms with Crippen molar-refractivity contribution in [1.29, 1.82) is 0 Å². The lowest BCUT2D eigenvalue weighted by Gasteiger charge is -2.26. The van der Waals surface area contributed by atoms with E-state index < -0.39 is 49.5 Å². The third kappa shape index (κ3) is 7.15. The highest BCUT2D eigenvalue weighted by Gasteiger charge is 2.42. The minimum atomic E-state index is -4.15. The lowest BCUT2D eigenvalue weighted by Crippen LogP contribution is -2.49. The molecule has 0 bridgehead atoms. The quantitative estimate of drug-likeness (QED) is 0.290. The Bertz CT molecular complexity index is 1020. The molecule has 4 amide bonds. The van der Waals surface area contributed by atoms with Gasteiger partial charge in [0.2, 0.25) is 19.2 Å². The van der Waals surface area contributed by atoms with Crippen molar-refractivity contribution in [2.75, 3.05) is 26.6 Å². The minimum absolute atomic E-state index is 0.0258. The molecule has 194 valence electrons. The smallest absolute Gasteiger partial charge is 0.265 e. The van der Waals surface area contributed by atoms with Gasteiger partial charge in [-0.1, -0.05) is 33.8 Å². The van der Waals surface area contributed by atoms with Gasteiger partial charge in [0.05, 0.1) is 18.2 Å². The third-order valence-electron chi connectivity index (χ3n) is 5.76. The zero-order valence-electron chi connectivity index (χ0n) is 21.2. The van der Waals surface area contributed by atoms with Gasteiger partial charge in [-0.05, 0) is 36.8 Å². The van der Waals surface area contributed by atoms with Crippen LogP contribution in [0.1, 0.15) is 61.3 Å². The molecule has 1 aliphatic rings. The van der Waals surface area contributed by atoms with Crippen LogP contribution < -0.4 is 15.4 Å². The first-order chi connectivity index (χ1) is 16.3. The Morgan fingerprint density at radius 2 is 1.69 bits per heavy atom. The van der Waals surface area contributed by atoms with Gasteiger partial charge in [0.1, 0.15) is 18.1 Å². The van der Waals surface area contributed by atoms with Gasteiger partial charge in [0.15, 0.2) is 0 Å². The zero-order chi connectivity index (χ0) is 26.5. The first-order valence-corrected chi connectivity index (χ1v) is 13.7. The van der Waals surface area contributed by atoms with Gasteiger partial charge in [-0.3, -0.25) is 28.6 Å². The number of benzene rings is 1. The lowest BCUT2D eigenvalue weighted by atomic mass is 9.96. The number of likely N-dealkylation sites (N-methyl/N-ethyl adjacent to an activating group) is 1. The summed E-state index contributed by atoms with van der Waals surface area (Å²) in [5.74, 6) is -2.76. The van der Waals surface area contributed by atoms with E-state index in [9.17, 15) is 28.6 Å². The van der Waals surface area contributed by atoms with Crippen LogP contribution in [0, 0.1) is 17.8 Å². The second kappa shape index (κ2) is 11.8. The standard InChI is InChI=1S/C24H36N3O7P/c1-14(2)10-16(21(28)26-18(11-15(3)4)22(29)25-5)12-35(32,33)13-27-23(30)17-8-7-9-19(34-6)20(17)24(27)31/h7-9,14-16,18H,10-13H2,1-6H3,(H,25,29)(H,26,28)(H,32,33)/t16?,18-/m0/s1. The number of hydrogen-bond donors (Lipinski definition) is 3. The summed E-state index contributed by atoms with van der Waals surface area (Å²) in [5, 5.41) is 5.25. The van der Waals surface area contributed by atoms with Crippen LogP contribution in [0.5, 0.6) is 5.75 Å². The van der Waals surface area contributed by atoms with Gasteiger partial charge in [-0.15, -0.1) is 0 Å². The van der Waals surface area contributed by atoms with Gasteiger partial charge in [-0.2, -0.15) is 0 Å². The molecule has 10 nitrogen and oxygen atoms in total. The molecule has 0 saturated carbocycles. The maximum atomic E-state index is 13.2. The van der Waals surface area contributed by atoms with E-state index in [-0.39, 0.29) is 34.6 Å². The van der Waals surface area contributed by atoms with Crippen molar-refractivity contribution in [2.45, 2.75) is 46.6 Å². The summed E-state index contributed by atoms with van der Waals surface area (Å²) in [7, 11) is -1.31. The highest BCUT2D eigenvalue weighted by molar-refractivity contribution is 7.58. The summed E-state index contributed by atoms with van der Waals surface area (Å²) in [6.45, 7) is 7.60. The van der Waals surface area contributed by atoms with Crippen LogP contribution in [0.3, 0.4) is 0 Å². The second-order valence-electron chi connectivity index (χ2n) is 9.72. The van der Waals surface area contributed by atoms with Gasteiger partial charge in [-0.25, -0.2) is 0 Å². The van der Waals surface area contributed by atoms with Crippen LogP contribution in [-0.2, 0) is 14.2 Å². The largest absolute Gasteiger partial charge is 0.496 e. The second-order valence-corrected chi connectivity index (χ2v) is 12.1. The van der Waals surface area contributed by atoms with Crippen molar-refractivity contribution in [3.63, 3.8) is 0 Å². The fourth-order valence-electron chi connectivity index (χ4n) is 4.22. The van der Waals surface area contributed by atoms with Crippen molar-refractivity contribution in [1.82, 2.24) is 15.5 Å². The highest BCUT2D eigenvalue weighted by Crippen LogP contribution is 2.46. The van der Waals surface area contributed by atoms with Gasteiger partial charge < -0.3 is 20.3 Å². The first kappa shape index (κ1) is 28.5. The number of nitrogens with one attached hydrogen (secondary N) is 2. The minimum Gasteiger partial charge on any atom is -0.496 e. The van der Waals surface area contributed by atoms with E-state index >= 15 is 0 Å². The summed E-state index contributed by atoms with van der Waals surface area (Å²) in [4.78, 5) is 62.6. The van der Waals surface area contributed by atoms with Crippen LogP contribution in [0.15, 0.2) is 18.2 Å². The van der Waals surface area contributed by atoms with E-state index in [4.69, 9.17) is 4.74 Å². The van der Waals surface area contributed by atoms with E-state index in [1.807, 2.05) is 27.7 Å².